The standard InChI is InChI=1S/C22H20N2O4/c25-19-15-8-1-2-9-16(15)20(26)23(19)13-6-5-7-14(12-13)24-21(27)17-10-3-4-11-18(17)22(24)28/h1,3,5-8,10,12,15-18H,2,4,9,11H2. The highest BCUT2D eigenvalue weighted by Crippen LogP contribution is 2.40. The fourth-order valence-corrected chi connectivity index (χ4v) is 4.85. The lowest BCUT2D eigenvalue weighted by molar-refractivity contribution is -0.123. The van der Waals surface area contributed by atoms with Crippen LogP contribution in [0.1, 0.15) is 25.7 Å². The first-order valence-corrected chi connectivity index (χ1v) is 9.77. The summed E-state index contributed by atoms with van der Waals surface area (Å²) >= 11 is 0. The molecule has 0 spiro atoms. The van der Waals surface area contributed by atoms with E-state index >= 15 is 0 Å². The molecule has 2 aliphatic carbocycles. The number of allylic oxidation sites excluding steroid dienone is 2. The highest BCUT2D eigenvalue weighted by atomic mass is 16.2. The molecule has 0 saturated carbocycles. The maximum atomic E-state index is 12.8. The summed E-state index contributed by atoms with van der Waals surface area (Å²) < 4.78 is 0. The van der Waals surface area contributed by atoms with Gasteiger partial charge < -0.3 is 0 Å². The second-order valence-corrected chi connectivity index (χ2v) is 7.82. The number of fused-ring (bicyclic) bond motifs is 2. The third-order valence-electron chi connectivity index (χ3n) is 6.27. The van der Waals surface area contributed by atoms with Crippen LogP contribution < -0.4 is 9.80 Å². The van der Waals surface area contributed by atoms with Crippen LogP contribution in [0.25, 0.3) is 0 Å². The van der Waals surface area contributed by atoms with Crippen LogP contribution >= 0.6 is 0 Å². The molecule has 4 atom stereocenters. The minimum atomic E-state index is -0.409. The van der Waals surface area contributed by atoms with Gasteiger partial charge >= 0.3 is 0 Å². The van der Waals surface area contributed by atoms with Gasteiger partial charge in [0.25, 0.3) is 0 Å². The largest absolute Gasteiger partial charge is 0.274 e. The predicted octanol–water partition coefficient (Wildman–Crippen LogP) is 2.60. The van der Waals surface area contributed by atoms with Crippen LogP contribution in [0.4, 0.5) is 11.4 Å². The van der Waals surface area contributed by atoms with Crippen LogP contribution in [0.5, 0.6) is 0 Å². The fraction of sp³-hybridized carbons (Fsp3) is 0.364. The topological polar surface area (TPSA) is 74.8 Å². The van der Waals surface area contributed by atoms with Gasteiger partial charge in [-0.1, -0.05) is 30.4 Å². The van der Waals surface area contributed by atoms with Crippen LogP contribution in [-0.4, -0.2) is 23.6 Å². The zero-order valence-electron chi connectivity index (χ0n) is 15.3. The van der Waals surface area contributed by atoms with Gasteiger partial charge in [0.1, 0.15) is 0 Å². The van der Waals surface area contributed by atoms with Gasteiger partial charge in [0, 0.05) is 0 Å². The van der Waals surface area contributed by atoms with Crippen molar-refractivity contribution in [1.29, 1.82) is 0 Å². The van der Waals surface area contributed by atoms with Gasteiger partial charge in [0.2, 0.25) is 23.6 Å². The van der Waals surface area contributed by atoms with Crippen LogP contribution in [0.2, 0.25) is 0 Å². The summed E-state index contributed by atoms with van der Waals surface area (Å²) in [4.78, 5) is 53.7. The number of imide groups is 2. The molecule has 0 radical (unpaired) electrons. The van der Waals surface area contributed by atoms with Crippen molar-refractivity contribution in [2.24, 2.45) is 23.7 Å². The van der Waals surface area contributed by atoms with Gasteiger partial charge in [-0.05, 0) is 43.9 Å². The number of carbonyl (C=O) groups excluding carboxylic acids is 4. The molecule has 142 valence electrons. The normalized spacial score (nSPS) is 31.6. The lowest BCUT2D eigenvalue weighted by Gasteiger charge is -2.19. The molecule has 0 bridgehead atoms. The first kappa shape index (κ1) is 17.1. The van der Waals surface area contributed by atoms with Crippen molar-refractivity contribution in [2.75, 3.05) is 9.80 Å². The molecule has 2 fully saturated rings. The number of nitrogens with zero attached hydrogens (tertiary/aromatic N) is 2. The van der Waals surface area contributed by atoms with Crippen LogP contribution in [0.15, 0.2) is 48.6 Å². The van der Waals surface area contributed by atoms with Crippen LogP contribution in [0, 0.1) is 23.7 Å². The molecule has 2 aliphatic heterocycles. The Balaban J connectivity index is 1.49. The Morgan fingerprint density at radius 2 is 1.14 bits per heavy atom. The highest BCUT2D eigenvalue weighted by molar-refractivity contribution is 6.25. The van der Waals surface area contributed by atoms with Crippen LogP contribution in [-0.2, 0) is 19.2 Å². The van der Waals surface area contributed by atoms with E-state index in [4.69, 9.17) is 0 Å². The summed E-state index contributed by atoms with van der Waals surface area (Å²) in [7, 11) is 0. The van der Waals surface area contributed by atoms with E-state index in [9.17, 15) is 19.2 Å². The fourth-order valence-electron chi connectivity index (χ4n) is 4.85. The summed E-state index contributed by atoms with van der Waals surface area (Å²) in [6.45, 7) is 0. The second-order valence-electron chi connectivity index (χ2n) is 7.82. The molecule has 1 aromatic carbocycles. The minimum absolute atomic E-state index is 0.202. The number of hydrogen-bond donors (Lipinski definition) is 0. The number of amides is 4. The maximum Gasteiger partial charge on any atom is 0.241 e. The molecule has 28 heavy (non-hydrogen) atoms. The van der Waals surface area contributed by atoms with E-state index in [1.165, 1.54) is 9.80 Å². The maximum absolute atomic E-state index is 12.8. The predicted molar refractivity (Wildman–Crippen MR) is 102 cm³/mol. The van der Waals surface area contributed by atoms with E-state index in [0.29, 0.717) is 24.2 Å². The van der Waals surface area contributed by atoms with E-state index in [1.54, 1.807) is 24.3 Å². The molecule has 1 aromatic rings. The van der Waals surface area contributed by atoms with Crippen molar-refractivity contribution in [2.45, 2.75) is 25.7 Å². The van der Waals surface area contributed by atoms with Gasteiger partial charge in [-0.25, -0.2) is 9.80 Å². The monoisotopic (exact) mass is 376 g/mol. The average molecular weight is 376 g/mol. The van der Waals surface area contributed by atoms with E-state index in [-0.39, 0.29) is 35.5 Å². The van der Waals surface area contributed by atoms with Crippen LogP contribution in [0.3, 0.4) is 0 Å². The van der Waals surface area contributed by atoms with Crippen molar-refractivity contribution in [3.63, 3.8) is 0 Å². The SMILES string of the molecule is O=C1C2C=CCCC2C(=O)N1c1cccc(N2C(=O)C3C=CCCC3C2=O)c1. The third-order valence-corrected chi connectivity index (χ3v) is 6.27. The number of anilines is 2. The molecule has 6 nitrogen and oxygen atoms in total. The molecule has 4 amide bonds. The number of hydrogen-bond acceptors (Lipinski definition) is 4. The van der Waals surface area contributed by atoms with Gasteiger partial charge in [-0.15, -0.1) is 0 Å². The van der Waals surface area contributed by atoms with E-state index in [0.717, 1.165) is 12.8 Å². The molecule has 5 rings (SSSR count). The number of carbonyl (C=O) groups is 4. The van der Waals surface area contributed by atoms with E-state index in [1.807, 2.05) is 24.3 Å². The Kier molecular flexibility index (Phi) is 3.82. The van der Waals surface area contributed by atoms with E-state index < -0.39 is 11.8 Å². The van der Waals surface area contributed by atoms with Gasteiger partial charge in [-0.2, -0.15) is 0 Å². The van der Waals surface area contributed by atoms with Crippen molar-refractivity contribution in [3.05, 3.63) is 48.6 Å². The first-order valence-electron chi connectivity index (χ1n) is 9.77. The van der Waals surface area contributed by atoms with Crippen molar-refractivity contribution in [1.82, 2.24) is 0 Å². The second kappa shape index (κ2) is 6.26. The Labute approximate surface area is 162 Å². The Bertz CT molecular complexity index is 890. The zero-order chi connectivity index (χ0) is 19.4. The average Bonchev–Trinajstić information content (AvgIpc) is 3.13. The van der Waals surface area contributed by atoms with Gasteiger partial charge in [0.15, 0.2) is 0 Å². The van der Waals surface area contributed by atoms with Gasteiger partial charge in [0.05, 0.1) is 35.0 Å². The third kappa shape index (κ3) is 2.33. The first-order chi connectivity index (χ1) is 13.6. The minimum Gasteiger partial charge on any atom is -0.274 e. The Hall–Kier alpha value is -3.02. The molecule has 4 unspecified atom stereocenters. The summed E-state index contributed by atoms with van der Waals surface area (Å²) in [6, 6.07) is 6.64. The summed E-state index contributed by atoms with van der Waals surface area (Å²) in [5, 5.41) is 0. The van der Waals surface area contributed by atoms with Crippen molar-refractivity contribution < 1.29 is 19.2 Å². The molecule has 6 heteroatoms. The highest BCUT2D eigenvalue weighted by Gasteiger charge is 2.49. The number of benzene rings is 1. The molecule has 0 N–H and O–H groups in total. The van der Waals surface area contributed by atoms with E-state index in [2.05, 4.69) is 0 Å². The lowest BCUT2D eigenvalue weighted by atomic mass is 9.86. The quantitative estimate of drug-likeness (QED) is 0.587. The van der Waals surface area contributed by atoms with Gasteiger partial charge in [-0.3, -0.25) is 19.2 Å². The molecule has 4 aliphatic rings. The zero-order valence-corrected chi connectivity index (χ0v) is 15.3. The molecule has 0 aromatic heterocycles. The summed E-state index contributed by atoms with van der Waals surface area (Å²) in [6.07, 6.45) is 10.5. The molecular formula is C22H20N2O4. The summed E-state index contributed by atoms with van der Waals surface area (Å²) in [5.74, 6) is -2.33. The smallest absolute Gasteiger partial charge is 0.241 e. The molecular weight excluding hydrogens is 356 g/mol. The van der Waals surface area contributed by atoms with Crippen molar-refractivity contribution >= 4 is 35.0 Å². The lowest BCUT2D eigenvalue weighted by Crippen LogP contribution is -2.33. The summed E-state index contributed by atoms with van der Waals surface area (Å²) in [5.41, 5.74) is 0.836. The Morgan fingerprint density at radius 3 is 1.57 bits per heavy atom. The van der Waals surface area contributed by atoms with Crippen molar-refractivity contribution in [3.8, 4) is 0 Å². The Morgan fingerprint density at radius 1 is 0.679 bits per heavy atom. The molecule has 2 heterocycles. The molecule has 2 saturated heterocycles. The number of rotatable bonds is 2.